The van der Waals surface area contributed by atoms with E-state index in [2.05, 4.69) is 5.32 Å². The maximum absolute atomic E-state index is 12.9. The highest BCUT2D eigenvalue weighted by Crippen LogP contribution is 2.27. The number of carbonyl (C=O) groups excluding carboxylic acids is 1. The summed E-state index contributed by atoms with van der Waals surface area (Å²) in [6.45, 7) is 1.89. The summed E-state index contributed by atoms with van der Waals surface area (Å²) in [6.07, 6.45) is 0. The van der Waals surface area contributed by atoms with Gasteiger partial charge in [-0.2, -0.15) is 0 Å². The number of carbonyl (C=O) groups is 1. The van der Waals surface area contributed by atoms with Gasteiger partial charge >= 0.3 is 0 Å². The minimum absolute atomic E-state index is 0.0748. The molecule has 3 aromatic rings. The van der Waals surface area contributed by atoms with Crippen molar-refractivity contribution in [3.63, 3.8) is 0 Å². The fourth-order valence-corrected chi connectivity index (χ4v) is 4.91. The molecule has 1 heterocycles. The van der Waals surface area contributed by atoms with Gasteiger partial charge in [-0.15, -0.1) is 11.3 Å². The van der Waals surface area contributed by atoms with Crippen molar-refractivity contribution < 1.29 is 17.9 Å². The zero-order valence-corrected chi connectivity index (χ0v) is 17.3. The lowest BCUT2D eigenvalue weighted by atomic mass is 10.2. The molecule has 0 radical (unpaired) electrons. The number of hydrogen-bond acceptors (Lipinski definition) is 5. The van der Waals surface area contributed by atoms with Gasteiger partial charge in [-0.3, -0.25) is 9.10 Å². The third-order valence-corrected chi connectivity index (χ3v) is 7.13. The fraction of sp³-hybridized carbons (Fsp3) is 0.150. The summed E-state index contributed by atoms with van der Waals surface area (Å²) < 4.78 is 32.1. The predicted octanol–water partition coefficient (Wildman–Crippen LogP) is 4.14. The molecule has 146 valence electrons. The number of para-hydroxylation sites is 1. The van der Waals surface area contributed by atoms with E-state index in [1.54, 1.807) is 37.4 Å². The summed E-state index contributed by atoms with van der Waals surface area (Å²) >= 11 is 1.09. The van der Waals surface area contributed by atoms with Crippen LogP contribution in [0.3, 0.4) is 0 Å². The topological polar surface area (TPSA) is 75.7 Å². The first-order valence-corrected chi connectivity index (χ1v) is 10.7. The van der Waals surface area contributed by atoms with Crippen molar-refractivity contribution in [2.24, 2.45) is 0 Å². The second kappa shape index (κ2) is 8.04. The van der Waals surface area contributed by atoms with Crippen LogP contribution in [-0.4, -0.2) is 28.5 Å². The minimum Gasteiger partial charge on any atom is -0.497 e. The molecule has 0 atom stereocenters. The molecule has 0 saturated carbocycles. The Kier molecular flexibility index (Phi) is 5.71. The highest BCUT2D eigenvalue weighted by Gasteiger charge is 2.24. The number of nitrogens with zero attached hydrogens (tertiary/aromatic N) is 1. The first kappa shape index (κ1) is 19.9. The van der Waals surface area contributed by atoms with E-state index in [0.717, 1.165) is 16.9 Å². The van der Waals surface area contributed by atoms with Gasteiger partial charge in [0.1, 0.15) is 5.75 Å². The van der Waals surface area contributed by atoms with Gasteiger partial charge in [0.2, 0.25) is 0 Å². The third kappa shape index (κ3) is 4.02. The number of rotatable bonds is 6. The Morgan fingerprint density at radius 1 is 1.11 bits per heavy atom. The molecule has 6 nitrogen and oxygen atoms in total. The molecule has 3 rings (SSSR count). The van der Waals surface area contributed by atoms with Crippen LogP contribution in [0.15, 0.2) is 64.9 Å². The van der Waals surface area contributed by atoms with Crippen LogP contribution < -0.4 is 14.4 Å². The number of amides is 1. The lowest BCUT2D eigenvalue weighted by Crippen LogP contribution is -2.26. The number of nitrogens with one attached hydrogen (secondary N) is 1. The van der Waals surface area contributed by atoms with Gasteiger partial charge in [-0.1, -0.05) is 18.2 Å². The van der Waals surface area contributed by atoms with Crippen LogP contribution in [-0.2, 0) is 10.0 Å². The largest absolute Gasteiger partial charge is 0.497 e. The highest BCUT2D eigenvalue weighted by molar-refractivity contribution is 7.93. The quantitative estimate of drug-likeness (QED) is 0.655. The number of methoxy groups -OCH3 is 1. The third-order valence-electron chi connectivity index (χ3n) is 4.29. The maximum Gasteiger partial charge on any atom is 0.265 e. The van der Waals surface area contributed by atoms with Crippen molar-refractivity contribution >= 4 is 38.6 Å². The minimum atomic E-state index is -3.78. The molecule has 2 aromatic carbocycles. The monoisotopic (exact) mass is 416 g/mol. The Balaban J connectivity index is 1.81. The fourth-order valence-electron chi connectivity index (χ4n) is 2.56. The van der Waals surface area contributed by atoms with Crippen molar-refractivity contribution in [1.82, 2.24) is 0 Å². The zero-order valence-electron chi connectivity index (χ0n) is 15.7. The summed E-state index contributed by atoms with van der Waals surface area (Å²) in [5, 5.41) is 4.29. The first-order valence-electron chi connectivity index (χ1n) is 8.41. The molecule has 1 amide bonds. The average Bonchev–Trinajstić information content (AvgIpc) is 3.20. The van der Waals surface area contributed by atoms with Crippen molar-refractivity contribution in [1.29, 1.82) is 0 Å². The Hall–Kier alpha value is -2.84. The highest BCUT2D eigenvalue weighted by atomic mass is 32.2. The van der Waals surface area contributed by atoms with E-state index in [1.807, 2.05) is 25.1 Å². The Labute approximate surface area is 168 Å². The molecule has 0 unspecified atom stereocenters. The number of anilines is 2. The molecule has 0 aliphatic carbocycles. The number of benzene rings is 2. The Morgan fingerprint density at radius 3 is 2.43 bits per heavy atom. The van der Waals surface area contributed by atoms with Crippen molar-refractivity contribution in [3.05, 3.63) is 70.4 Å². The number of aryl methyl sites for hydroxylation is 1. The van der Waals surface area contributed by atoms with Crippen LogP contribution in [0.2, 0.25) is 0 Å². The summed E-state index contributed by atoms with van der Waals surface area (Å²) in [5.74, 6) is 0.299. The molecule has 28 heavy (non-hydrogen) atoms. The molecule has 0 saturated heterocycles. The normalized spacial score (nSPS) is 11.1. The second-order valence-electron chi connectivity index (χ2n) is 6.09. The SMILES string of the molecule is COc1ccc(N(C)S(=O)(=O)c2csc(C(=O)Nc3ccccc3C)c2)cc1. The molecule has 0 spiro atoms. The van der Waals surface area contributed by atoms with E-state index in [1.165, 1.54) is 22.8 Å². The zero-order chi connectivity index (χ0) is 20.3. The summed E-state index contributed by atoms with van der Waals surface area (Å²) in [4.78, 5) is 12.9. The number of hydrogen-bond donors (Lipinski definition) is 1. The molecule has 0 fully saturated rings. The maximum atomic E-state index is 12.9. The summed E-state index contributed by atoms with van der Waals surface area (Å²) in [5.41, 5.74) is 2.12. The van der Waals surface area contributed by atoms with Crippen LogP contribution in [0.5, 0.6) is 5.75 Å². The smallest absolute Gasteiger partial charge is 0.265 e. The van der Waals surface area contributed by atoms with E-state index in [9.17, 15) is 13.2 Å². The molecular formula is C20H20N2O4S2. The standard InChI is InChI=1S/C20H20N2O4S2/c1-14-6-4-5-7-18(14)21-20(23)19-12-17(13-27-19)28(24,25)22(2)15-8-10-16(26-3)11-9-15/h4-13H,1-3H3,(H,21,23). The second-order valence-corrected chi connectivity index (χ2v) is 8.97. The molecule has 1 N–H and O–H groups in total. The molecule has 0 aliphatic heterocycles. The van der Waals surface area contributed by atoms with Crippen molar-refractivity contribution in [3.8, 4) is 5.75 Å². The van der Waals surface area contributed by atoms with Gasteiger partial charge in [-0.05, 0) is 48.9 Å². The molecular weight excluding hydrogens is 396 g/mol. The van der Waals surface area contributed by atoms with E-state index in [0.29, 0.717) is 22.0 Å². The van der Waals surface area contributed by atoms with Gasteiger partial charge in [0, 0.05) is 18.1 Å². The molecule has 0 bridgehead atoms. The van der Waals surface area contributed by atoms with Crippen LogP contribution in [0.4, 0.5) is 11.4 Å². The van der Waals surface area contributed by atoms with Gasteiger partial charge < -0.3 is 10.1 Å². The van der Waals surface area contributed by atoms with Gasteiger partial charge in [-0.25, -0.2) is 8.42 Å². The van der Waals surface area contributed by atoms with Crippen molar-refractivity contribution in [2.45, 2.75) is 11.8 Å². The van der Waals surface area contributed by atoms with E-state index in [-0.39, 0.29) is 10.8 Å². The molecule has 8 heteroatoms. The lowest BCUT2D eigenvalue weighted by Gasteiger charge is -2.18. The van der Waals surface area contributed by atoms with Crippen LogP contribution in [0.25, 0.3) is 0 Å². The van der Waals surface area contributed by atoms with Gasteiger partial charge in [0.05, 0.1) is 22.6 Å². The van der Waals surface area contributed by atoms with E-state index < -0.39 is 10.0 Å². The van der Waals surface area contributed by atoms with Crippen LogP contribution in [0.1, 0.15) is 15.2 Å². The van der Waals surface area contributed by atoms with E-state index >= 15 is 0 Å². The summed E-state index contributed by atoms with van der Waals surface area (Å²) in [6, 6.07) is 15.5. The van der Waals surface area contributed by atoms with Gasteiger partial charge in [0.25, 0.3) is 15.9 Å². The first-order chi connectivity index (χ1) is 13.3. The van der Waals surface area contributed by atoms with Crippen LogP contribution >= 0.6 is 11.3 Å². The van der Waals surface area contributed by atoms with Crippen molar-refractivity contribution in [2.75, 3.05) is 23.8 Å². The molecule has 1 aromatic heterocycles. The summed E-state index contributed by atoms with van der Waals surface area (Å²) in [7, 11) is -0.762. The Morgan fingerprint density at radius 2 is 1.79 bits per heavy atom. The lowest BCUT2D eigenvalue weighted by molar-refractivity contribution is 0.103. The number of sulfonamides is 1. The predicted molar refractivity (Wildman–Crippen MR) is 112 cm³/mol. The number of ether oxygens (including phenoxy) is 1. The average molecular weight is 417 g/mol. The Bertz CT molecular complexity index is 1090. The molecule has 0 aliphatic rings. The van der Waals surface area contributed by atoms with Crippen LogP contribution in [0, 0.1) is 6.92 Å². The van der Waals surface area contributed by atoms with E-state index in [4.69, 9.17) is 4.74 Å². The van der Waals surface area contributed by atoms with Gasteiger partial charge in [0.15, 0.2) is 0 Å². The number of thiophene rings is 1.